The van der Waals surface area contributed by atoms with E-state index < -0.39 is 0 Å². The van der Waals surface area contributed by atoms with Gasteiger partial charge in [0.25, 0.3) is 0 Å². The fourth-order valence-electron chi connectivity index (χ4n) is 1.78. The molecule has 1 rings (SSSR count). The predicted molar refractivity (Wildman–Crippen MR) is 78.5 cm³/mol. The van der Waals surface area contributed by atoms with Crippen LogP contribution < -0.4 is 4.90 Å². The summed E-state index contributed by atoms with van der Waals surface area (Å²) < 4.78 is 4.56. The van der Waals surface area contributed by atoms with Crippen LogP contribution in [0.15, 0.2) is 30.3 Å². The molecule has 0 aliphatic rings. The maximum absolute atomic E-state index is 12.3. The van der Waals surface area contributed by atoms with Crippen molar-refractivity contribution >= 4 is 17.6 Å². The first-order valence-corrected chi connectivity index (χ1v) is 6.56. The fourth-order valence-corrected chi connectivity index (χ4v) is 1.78. The SMILES string of the molecule is COC(=O)CCN(C)CC(=O)N(CC#N)c1ccccc1. The summed E-state index contributed by atoms with van der Waals surface area (Å²) in [6.07, 6.45) is 0.226. The van der Waals surface area contributed by atoms with Crippen molar-refractivity contribution in [3.63, 3.8) is 0 Å². The third kappa shape index (κ3) is 5.63. The summed E-state index contributed by atoms with van der Waals surface area (Å²) in [6, 6.07) is 11.0. The summed E-state index contributed by atoms with van der Waals surface area (Å²) in [6.45, 7) is 0.550. The van der Waals surface area contributed by atoms with E-state index in [-0.39, 0.29) is 31.4 Å². The van der Waals surface area contributed by atoms with Crippen molar-refractivity contribution in [2.24, 2.45) is 0 Å². The number of likely N-dealkylation sites (N-methyl/N-ethyl adjacent to an activating group) is 1. The fraction of sp³-hybridized carbons (Fsp3) is 0.400. The number of benzene rings is 1. The van der Waals surface area contributed by atoms with E-state index in [0.717, 1.165) is 0 Å². The molecule has 6 heteroatoms. The van der Waals surface area contributed by atoms with Crippen LogP contribution in [0, 0.1) is 11.3 Å². The van der Waals surface area contributed by atoms with Crippen molar-refractivity contribution in [1.29, 1.82) is 5.26 Å². The number of carbonyl (C=O) groups is 2. The number of hydrogen-bond donors (Lipinski definition) is 0. The first-order valence-electron chi connectivity index (χ1n) is 6.56. The van der Waals surface area contributed by atoms with E-state index in [9.17, 15) is 9.59 Å². The molecule has 1 aromatic rings. The highest BCUT2D eigenvalue weighted by Crippen LogP contribution is 2.13. The molecule has 0 aliphatic heterocycles. The Hall–Kier alpha value is -2.39. The number of carbonyl (C=O) groups excluding carboxylic acids is 2. The van der Waals surface area contributed by atoms with Gasteiger partial charge in [-0.1, -0.05) is 18.2 Å². The van der Waals surface area contributed by atoms with Crippen molar-refractivity contribution in [1.82, 2.24) is 4.90 Å². The lowest BCUT2D eigenvalue weighted by Gasteiger charge is -2.23. The van der Waals surface area contributed by atoms with Gasteiger partial charge in [0.05, 0.1) is 26.1 Å². The summed E-state index contributed by atoms with van der Waals surface area (Å²) in [5.74, 6) is -0.499. The number of para-hydroxylation sites is 1. The van der Waals surface area contributed by atoms with Crippen molar-refractivity contribution < 1.29 is 14.3 Å². The monoisotopic (exact) mass is 289 g/mol. The molecular formula is C15H19N3O3. The summed E-state index contributed by atoms with van der Waals surface area (Å²) in [5.41, 5.74) is 0.686. The van der Waals surface area contributed by atoms with Gasteiger partial charge < -0.3 is 4.74 Å². The molecule has 0 saturated heterocycles. The van der Waals surface area contributed by atoms with Crippen molar-refractivity contribution in [3.05, 3.63) is 30.3 Å². The first-order chi connectivity index (χ1) is 10.1. The molecular weight excluding hydrogens is 270 g/mol. The Morgan fingerprint density at radius 2 is 1.95 bits per heavy atom. The number of amides is 1. The second kappa shape index (κ2) is 8.72. The molecule has 0 unspecified atom stereocenters. The molecule has 0 spiro atoms. The van der Waals surface area contributed by atoms with Crippen LogP contribution in [0.2, 0.25) is 0 Å². The minimum atomic E-state index is -0.314. The topological polar surface area (TPSA) is 73.6 Å². The van der Waals surface area contributed by atoms with Crippen LogP contribution in [-0.2, 0) is 14.3 Å². The van der Waals surface area contributed by atoms with Crippen LogP contribution in [0.3, 0.4) is 0 Å². The maximum atomic E-state index is 12.3. The van der Waals surface area contributed by atoms with Crippen LogP contribution in [0.25, 0.3) is 0 Å². The van der Waals surface area contributed by atoms with Gasteiger partial charge in [0.1, 0.15) is 6.54 Å². The molecule has 0 heterocycles. The molecule has 21 heavy (non-hydrogen) atoms. The zero-order chi connectivity index (χ0) is 15.7. The lowest BCUT2D eigenvalue weighted by molar-refractivity contribution is -0.141. The maximum Gasteiger partial charge on any atom is 0.306 e. The average molecular weight is 289 g/mol. The molecule has 0 fully saturated rings. The van der Waals surface area contributed by atoms with Crippen LogP contribution in [0.1, 0.15) is 6.42 Å². The molecule has 112 valence electrons. The van der Waals surface area contributed by atoms with Crippen LogP contribution in [0.4, 0.5) is 5.69 Å². The molecule has 0 bridgehead atoms. The standard InChI is InChI=1S/C15H19N3O3/c1-17(10-8-15(20)21-2)12-14(19)18(11-9-16)13-6-4-3-5-7-13/h3-7H,8,10-12H2,1-2H3. The van der Waals surface area contributed by atoms with E-state index >= 15 is 0 Å². The summed E-state index contributed by atoms with van der Waals surface area (Å²) in [7, 11) is 3.08. The molecule has 0 aliphatic carbocycles. The van der Waals surface area contributed by atoms with Crippen molar-refractivity contribution in [3.8, 4) is 6.07 Å². The summed E-state index contributed by atoms with van der Waals surface area (Å²) in [5, 5.41) is 8.87. The number of methoxy groups -OCH3 is 1. The number of esters is 1. The highest BCUT2D eigenvalue weighted by molar-refractivity contribution is 5.95. The molecule has 0 atom stereocenters. The second-order valence-corrected chi connectivity index (χ2v) is 4.54. The quantitative estimate of drug-likeness (QED) is 0.554. The summed E-state index contributed by atoms with van der Waals surface area (Å²) in [4.78, 5) is 26.5. The van der Waals surface area contributed by atoms with Crippen molar-refractivity contribution in [2.75, 3.05) is 38.7 Å². The number of nitrogens with zero attached hydrogens (tertiary/aromatic N) is 3. The number of hydrogen-bond acceptors (Lipinski definition) is 5. The Kier molecular flexibility index (Phi) is 6.92. The molecule has 0 radical (unpaired) electrons. The van der Waals surface area contributed by atoms with Crippen molar-refractivity contribution in [2.45, 2.75) is 6.42 Å². The normalized spacial score (nSPS) is 10.0. The van der Waals surface area contributed by atoms with E-state index in [2.05, 4.69) is 4.74 Å². The van der Waals surface area contributed by atoms with Gasteiger partial charge in [-0.25, -0.2) is 0 Å². The summed E-state index contributed by atoms with van der Waals surface area (Å²) >= 11 is 0. The van der Waals surface area contributed by atoms with E-state index in [1.165, 1.54) is 12.0 Å². The zero-order valence-corrected chi connectivity index (χ0v) is 12.3. The first kappa shape index (κ1) is 16.7. The lowest BCUT2D eigenvalue weighted by Crippen LogP contribution is -2.40. The van der Waals surface area contributed by atoms with Crippen LogP contribution in [0.5, 0.6) is 0 Å². The largest absolute Gasteiger partial charge is 0.469 e. The second-order valence-electron chi connectivity index (χ2n) is 4.54. The molecule has 0 saturated carbocycles. The Labute approximate surface area is 124 Å². The number of anilines is 1. The van der Waals surface area contributed by atoms with E-state index in [1.807, 2.05) is 24.3 Å². The van der Waals surface area contributed by atoms with Gasteiger partial charge in [-0.2, -0.15) is 5.26 Å². The third-order valence-electron chi connectivity index (χ3n) is 2.93. The molecule has 6 nitrogen and oxygen atoms in total. The highest BCUT2D eigenvalue weighted by Gasteiger charge is 2.17. The molecule has 0 N–H and O–H groups in total. The Morgan fingerprint density at radius 3 is 2.52 bits per heavy atom. The number of ether oxygens (including phenoxy) is 1. The third-order valence-corrected chi connectivity index (χ3v) is 2.93. The smallest absolute Gasteiger partial charge is 0.306 e. The molecule has 0 aromatic heterocycles. The van der Waals surface area contributed by atoms with E-state index in [0.29, 0.717) is 12.2 Å². The Bertz CT molecular complexity index is 511. The molecule has 1 amide bonds. The van der Waals surface area contributed by atoms with Gasteiger partial charge in [0, 0.05) is 12.2 Å². The van der Waals surface area contributed by atoms with Gasteiger partial charge in [-0.05, 0) is 19.2 Å². The Morgan fingerprint density at radius 1 is 1.29 bits per heavy atom. The zero-order valence-electron chi connectivity index (χ0n) is 12.3. The van der Waals surface area contributed by atoms with Gasteiger partial charge in [0.2, 0.25) is 5.91 Å². The predicted octanol–water partition coefficient (Wildman–Crippen LogP) is 1.04. The van der Waals surface area contributed by atoms with Crippen LogP contribution >= 0.6 is 0 Å². The highest BCUT2D eigenvalue weighted by atomic mass is 16.5. The Balaban J connectivity index is 2.62. The van der Waals surface area contributed by atoms with Gasteiger partial charge >= 0.3 is 5.97 Å². The van der Waals surface area contributed by atoms with E-state index in [1.54, 1.807) is 24.1 Å². The minimum absolute atomic E-state index is 0.00626. The van der Waals surface area contributed by atoms with Gasteiger partial charge in [0.15, 0.2) is 0 Å². The van der Waals surface area contributed by atoms with Gasteiger partial charge in [-0.3, -0.25) is 19.4 Å². The molecule has 1 aromatic carbocycles. The lowest BCUT2D eigenvalue weighted by atomic mass is 10.2. The minimum Gasteiger partial charge on any atom is -0.469 e. The average Bonchev–Trinajstić information content (AvgIpc) is 2.50. The van der Waals surface area contributed by atoms with E-state index in [4.69, 9.17) is 5.26 Å². The number of rotatable bonds is 7. The van der Waals surface area contributed by atoms with Crippen LogP contribution in [-0.4, -0.2) is 50.6 Å². The number of nitriles is 1. The van der Waals surface area contributed by atoms with Gasteiger partial charge in [-0.15, -0.1) is 0 Å².